The number of hydrogen-bond donors (Lipinski definition) is 1. The number of methoxy groups -OCH3 is 1. The molecule has 6 heteroatoms. The Balaban J connectivity index is 1.93. The fraction of sp³-hybridized carbons (Fsp3) is 0.565. The van der Waals surface area contributed by atoms with Gasteiger partial charge in [-0.05, 0) is 44.3 Å². The molecule has 1 saturated heterocycles. The first-order valence-corrected chi connectivity index (χ1v) is 10.4. The van der Waals surface area contributed by atoms with E-state index in [-0.39, 0.29) is 6.61 Å². The summed E-state index contributed by atoms with van der Waals surface area (Å²) in [6.45, 7) is 15.0. The molecule has 162 valence electrons. The van der Waals surface area contributed by atoms with Crippen LogP contribution in [0.3, 0.4) is 0 Å². The third kappa shape index (κ3) is 8.19. The zero-order chi connectivity index (χ0) is 21.1. The summed E-state index contributed by atoms with van der Waals surface area (Å²) in [7, 11) is 3.78. The number of likely N-dealkylation sites (N-methyl/N-ethyl adjacent to an activating group) is 1. The second-order valence-electron chi connectivity index (χ2n) is 7.68. The summed E-state index contributed by atoms with van der Waals surface area (Å²) >= 11 is 0. The SMILES string of the molecule is C=CCN(CC=C)Cc1ccc(OC)c(OCC(O)CN2CCCN(C)CC2)c1. The van der Waals surface area contributed by atoms with Gasteiger partial charge in [0, 0.05) is 39.3 Å². The number of benzene rings is 1. The maximum Gasteiger partial charge on any atom is 0.161 e. The zero-order valence-corrected chi connectivity index (χ0v) is 18.1. The highest BCUT2D eigenvalue weighted by Gasteiger charge is 2.17. The Hall–Kier alpha value is -1.86. The van der Waals surface area contributed by atoms with Crippen LogP contribution in [-0.4, -0.2) is 92.5 Å². The third-order valence-corrected chi connectivity index (χ3v) is 5.12. The van der Waals surface area contributed by atoms with Crippen LogP contribution in [0.2, 0.25) is 0 Å². The van der Waals surface area contributed by atoms with Crippen LogP contribution in [0.5, 0.6) is 11.5 Å². The fourth-order valence-electron chi connectivity index (χ4n) is 3.58. The molecule has 0 saturated carbocycles. The van der Waals surface area contributed by atoms with Gasteiger partial charge in [0.25, 0.3) is 0 Å². The number of hydrogen-bond acceptors (Lipinski definition) is 6. The van der Waals surface area contributed by atoms with E-state index in [2.05, 4.69) is 34.9 Å². The van der Waals surface area contributed by atoms with Crippen molar-refractivity contribution in [1.82, 2.24) is 14.7 Å². The number of aliphatic hydroxyl groups excluding tert-OH is 1. The van der Waals surface area contributed by atoms with Crippen molar-refractivity contribution >= 4 is 0 Å². The van der Waals surface area contributed by atoms with Crippen LogP contribution in [0.25, 0.3) is 0 Å². The van der Waals surface area contributed by atoms with Crippen molar-refractivity contribution in [3.63, 3.8) is 0 Å². The topological polar surface area (TPSA) is 48.4 Å². The molecule has 0 radical (unpaired) electrons. The first kappa shape index (κ1) is 23.4. The van der Waals surface area contributed by atoms with Crippen molar-refractivity contribution < 1.29 is 14.6 Å². The molecule has 29 heavy (non-hydrogen) atoms. The van der Waals surface area contributed by atoms with E-state index in [0.29, 0.717) is 18.0 Å². The predicted molar refractivity (Wildman–Crippen MR) is 119 cm³/mol. The maximum atomic E-state index is 10.5. The lowest BCUT2D eigenvalue weighted by Crippen LogP contribution is -2.37. The molecule has 0 spiro atoms. The molecule has 1 heterocycles. The van der Waals surface area contributed by atoms with Crippen molar-refractivity contribution in [1.29, 1.82) is 0 Å². The minimum absolute atomic E-state index is 0.245. The normalized spacial score (nSPS) is 17.0. The molecule has 1 aromatic carbocycles. The van der Waals surface area contributed by atoms with Crippen LogP contribution in [0.15, 0.2) is 43.5 Å². The minimum Gasteiger partial charge on any atom is -0.493 e. The van der Waals surface area contributed by atoms with E-state index >= 15 is 0 Å². The lowest BCUT2D eigenvalue weighted by molar-refractivity contribution is 0.0685. The first-order chi connectivity index (χ1) is 14.0. The van der Waals surface area contributed by atoms with Crippen LogP contribution in [0.4, 0.5) is 0 Å². The van der Waals surface area contributed by atoms with Crippen LogP contribution in [0.1, 0.15) is 12.0 Å². The quantitative estimate of drug-likeness (QED) is 0.540. The largest absolute Gasteiger partial charge is 0.493 e. The van der Waals surface area contributed by atoms with Gasteiger partial charge in [0.2, 0.25) is 0 Å². The summed E-state index contributed by atoms with van der Waals surface area (Å²) in [4.78, 5) is 6.88. The van der Waals surface area contributed by atoms with Gasteiger partial charge in [-0.15, -0.1) is 13.2 Å². The average Bonchev–Trinajstić information content (AvgIpc) is 2.91. The molecule has 1 aromatic rings. The Kier molecular flexibility index (Phi) is 10.2. The zero-order valence-electron chi connectivity index (χ0n) is 18.1. The monoisotopic (exact) mass is 403 g/mol. The Labute approximate surface area is 176 Å². The maximum absolute atomic E-state index is 10.5. The summed E-state index contributed by atoms with van der Waals surface area (Å²) in [6, 6.07) is 5.95. The van der Waals surface area contributed by atoms with Crippen molar-refractivity contribution in [3.8, 4) is 11.5 Å². The molecule has 0 aromatic heterocycles. The molecule has 1 aliphatic heterocycles. The van der Waals surface area contributed by atoms with Crippen LogP contribution < -0.4 is 9.47 Å². The fourth-order valence-corrected chi connectivity index (χ4v) is 3.58. The number of β-amino-alcohol motifs (C(OH)–C–C–N with tert-alkyl or cyclic N) is 1. The Morgan fingerprint density at radius 2 is 1.90 bits per heavy atom. The van der Waals surface area contributed by atoms with E-state index in [9.17, 15) is 5.11 Å². The Bertz CT molecular complexity index is 628. The van der Waals surface area contributed by atoms with Gasteiger partial charge in [-0.1, -0.05) is 18.2 Å². The highest BCUT2D eigenvalue weighted by atomic mass is 16.5. The molecule has 1 atom stereocenters. The summed E-state index contributed by atoms with van der Waals surface area (Å²) in [6.07, 6.45) is 4.37. The Morgan fingerprint density at radius 3 is 2.59 bits per heavy atom. The van der Waals surface area contributed by atoms with Gasteiger partial charge in [-0.2, -0.15) is 0 Å². The lowest BCUT2D eigenvalue weighted by Gasteiger charge is -2.24. The second kappa shape index (κ2) is 12.6. The molecule has 0 aliphatic carbocycles. The lowest BCUT2D eigenvalue weighted by atomic mass is 10.2. The van der Waals surface area contributed by atoms with E-state index < -0.39 is 6.10 Å². The summed E-state index contributed by atoms with van der Waals surface area (Å²) in [5, 5.41) is 10.5. The number of aliphatic hydroxyl groups is 1. The summed E-state index contributed by atoms with van der Waals surface area (Å²) < 4.78 is 11.4. The third-order valence-electron chi connectivity index (χ3n) is 5.12. The van der Waals surface area contributed by atoms with Crippen LogP contribution in [-0.2, 0) is 6.54 Å². The molecular weight excluding hydrogens is 366 g/mol. The highest BCUT2D eigenvalue weighted by Crippen LogP contribution is 2.28. The van der Waals surface area contributed by atoms with Crippen LogP contribution >= 0.6 is 0 Å². The van der Waals surface area contributed by atoms with E-state index in [1.807, 2.05) is 30.4 Å². The van der Waals surface area contributed by atoms with E-state index in [4.69, 9.17) is 9.47 Å². The second-order valence-corrected chi connectivity index (χ2v) is 7.68. The number of nitrogens with zero attached hydrogens (tertiary/aromatic N) is 3. The van der Waals surface area contributed by atoms with Crippen molar-refractivity contribution in [2.45, 2.75) is 19.1 Å². The highest BCUT2D eigenvalue weighted by molar-refractivity contribution is 5.43. The van der Waals surface area contributed by atoms with Crippen molar-refractivity contribution in [3.05, 3.63) is 49.1 Å². The molecule has 1 fully saturated rings. The summed E-state index contributed by atoms with van der Waals surface area (Å²) in [5.74, 6) is 1.34. The molecule has 0 bridgehead atoms. The standard InChI is InChI=1S/C23H37N3O3/c1-5-10-25(11-6-2)17-20-8-9-22(28-4)23(16-20)29-19-21(27)18-26-13-7-12-24(3)14-15-26/h5-6,8-9,16,21,27H,1-2,7,10-15,17-19H2,3-4H3. The smallest absolute Gasteiger partial charge is 0.161 e. The van der Waals surface area contributed by atoms with E-state index in [0.717, 1.165) is 57.8 Å². The van der Waals surface area contributed by atoms with Gasteiger partial charge in [0.15, 0.2) is 11.5 Å². The average molecular weight is 404 g/mol. The molecule has 2 rings (SSSR count). The summed E-state index contributed by atoms with van der Waals surface area (Å²) in [5.41, 5.74) is 1.12. The van der Waals surface area contributed by atoms with Gasteiger partial charge in [0.1, 0.15) is 12.7 Å². The van der Waals surface area contributed by atoms with Gasteiger partial charge in [-0.25, -0.2) is 0 Å². The molecule has 6 nitrogen and oxygen atoms in total. The Morgan fingerprint density at radius 1 is 1.14 bits per heavy atom. The van der Waals surface area contributed by atoms with E-state index in [1.165, 1.54) is 0 Å². The van der Waals surface area contributed by atoms with Gasteiger partial charge in [0.05, 0.1) is 7.11 Å². The number of ether oxygens (including phenoxy) is 2. The van der Waals surface area contributed by atoms with Crippen molar-refractivity contribution in [2.24, 2.45) is 0 Å². The predicted octanol–water partition coefficient (Wildman–Crippen LogP) is 2.25. The molecule has 0 amide bonds. The van der Waals surface area contributed by atoms with Gasteiger partial charge >= 0.3 is 0 Å². The van der Waals surface area contributed by atoms with Gasteiger partial charge in [-0.3, -0.25) is 9.80 Å². The molecule has 1 N–H and O–H groups in total. The molecule has 1 unspecified atom stereocenters. The molecule has 1 aliphatic rings. The first-order valence-electron chi connectivity index (χ1n) is 10.4. The van der Waals surface area contributed by atoms with Gasteiger partial charge < -0.3 is 19.5 Å². The van der Waals surface area contributed by atoms with Crippen molar-refractivity contribution in [2.75, 3.05) is 66.6 Å². The van der Waals surface area contributed by atoms with Crippen LogP contribution in [0, 0.1) is 0 Å². The number of rotatable bonds is 12. The minimum atomic E-state index is -0.537. The molecular formula is C23H37N3O3. The van der Waals surface area contributed by atoms with E-state index in [1.54, 1.807) is 7.11 Å².